The third kappa shape index (κ3) is 5.59. The number of rotatable bonds is 10. The second kappa shape index (κ2) is 9.13. The zero-order valence-electron chi connectivity index (χ0n) is 13.2. The van der Waals surface area contributed by atoms with E-state index < -0.39 is 21.8 Å². The van der Waals surface area contributed by atoms with Gasteiger partial charge < -0.3 is 0 Å². The monoisotopic (exact) mass is 330 g/mol. The molecule has 0 aliphatic rings. The summed E-state index contributed by atoms with van der Waals surface area (Å²) in [4.78, 5) is 11.7. The number of hydrogen-bond donors (Lipinski definition) is 0. The standard InChI is InChI=1S/C17H24F2O2S/c1-3-4-5-6-7-8-9-16(20)17(18,19)22(21)15-12-10-14(2)11-13-15/h10-13H,3-9H2,1-2H3. The normalized spacial score (nSPS) is 13.1. The van der Waals surface area contributed by atoms with Gasteiger partial charge in [-0.2, -0.15) is 8.78 Å². The minimum absolute atomic E-state index is 0.00750. The summed E-state index contributed by atoms with van der Waals surface area (Å²) in [6.45, 7) is 3.92. The lowest BCUT2D eigenvalue weighted by Crippen LogP contribution is -2.33. The van der Waals surface area contributed by atoms with Crippen molar-refractivity contribution in [1.29, 1.82) is 0 Å². The smallest absolute Gasteiger partial charge is 0.292 e. The number of halogens is 2. The Morgan fingerprint density at radius 2 is 1.59 bits per heavy atom. The number of carbonyl (C=O) groups is 1. The van der Waals surface area contributed by atoms with Crippen LogP contribution in [0, 0.1) is 6.92 Å². The second-order valence-corrected chi connectivity index (χ2v) is 7.06. The molecule has 1 aromatic carbocycles. The fourth-order valence-electron chi connectivity index (χ4n) is 2.12. The first-order valence-corrected chi connectivity index (χ1v) is 8.94. The number of alkyl halides is 2. The van der Waals surface area contributed by atoms with Gasteiger partial charge in [-0.15, -0.1) is 0 Å². The maximum atomic E-state index is 14.0. The number of benzene rings is 1. The van der Waals surface area contributed by atoms with Crippen LogP contribution in [0.3, 0.4) is 0 Å². The molecule has 124 valence electrons. The van der Waals surface area contributed by atoms with Gasteiger partial charge in [-0.1, -0.05) is 56.7 Å². The molecule has 1 aromatic rings. The highest BCUT2D eigenvalue weighted by Gasteiger charge is 2.45. The van der Waals surface area contributed by atoms with E-state index >= 15 is 0 Å². The quantitative estimate of drug-likeness (QED) is 0.565. The lowest BCUT2D eigenvalue weighted by molar-refractivity contribution is -0.133. The Morgan fingerprint density at radius 3 is 2.18 bits per heavy atom. The van der Waals surface area contributed by atoms with Crippen LogP contribution in [0.5, 0.6) is 0 Å². The van der Waals surface area contributed by atoms with Gasteiger partial charge in [-0.05, 0) is 25.5 Å². The van der Waals surface area contributed by atoms with Crippen LogP contribution in [-0.2, 0) is 15.6 Å². The van der Waals surface area contributed by atoms with Crippen LogP contribution in [0.4, 0.5) is 8.78 Å². The topological polar surface area (TPSA) is 34.1 Å². The molecule has 0 N–H and O–H groups in total. The Kier molecular flexibility index (Phi) is 7.87. The summed E-state index contributed by atoms with van der Waals surface area (Å²) in [6, 6.07) is 6.00. The van der Waals surface area contributed by atoms with Gasteiger partial charge in [-0.25, -0.2) is 4.21 Å². The highest BCUT2D eigenvalue weighted by Crippen LogP contribution is 2.28. The van der Waals surface area contributed by atoms with Crippen molar-refractivity contribution in [3.63, 3.8) is 0 Å². The Hall–Kier alpha value is -1.10. The summed E-state index contributed by atoms with van der Waals surface area (Å²) in [6.07, 6.45) is 5.25. The predicted molar refractivity (Wildman–Crippen MR) is 85.5 cm³/mol. The molecule has 0 saturated carbocycles. The van der Waals surface area contributed by atoms with Crippen LogP contribution < -0.4 is 0 Å². The number of aryl methyl sites for hydroxylation is 1. The first-order valence-electron chi connectivity index (χ1n) is 7.79. The first-order chi connectivity index (χ1) is 10.4. The molecule has 1 atom stereocenters. The summed E-state index contributed by atoms with van der Waals surface area (Å²) >= 11 is 0. The molecule has 0 radical (unpaired) electrons. The number of carbonyl (C=O) groups excluding carboxylic acids is 1. The van der Waals surface area contributed by atoms with Crippen LogP contribution in [0.1, 0.15) is 57.4 Å². The maximum Gasteiger partial charge on any atom is 0.382 e. The third-order valence-electron chi connectivity index (χ3n) is 3.55. The van der Waals surface area contributed by atoms with E-state index in [1.54, 1.807) is 12.1 Å². The van der Waals surface area contributed by atoms with Gasteiger partial charge in [0.25, 0.3) is 0 Å². The van der Waals surface area contributed by atoms with Gasteiger partial charge in [0.2, 0.25) is 5.78 Å². The van der Waals surface area contributed by atoms with Gasteiger partial charge in [0.1, 0.15) is 10.8 Å². The summed E-state index contributed by atoms with van der Waals surface area (Å²) in [5.41, 5.74) is 0.891. The molecule has 0 saturated heterocycles. The van der Waals surface area contributed by atoms with Crippen molar-refractivity contribution >= 4 is 16.6 Å². The Morgan fingerprint density at radius 1 is 1.05 bits per heavy atom. The van der Waals surface area contributed by atoms with E-state index in [0.717, 1.165) is 37.7 Å². The van der Waals surface area contributed by atoms with Gasteiger partial charge >= 0.3 is 5.25 Å². The molecule has 0 fully saturated rings. The lowest BCUT2D eigenvalue weighted by atomic mass is 10.1. The van der Waals surface area contributed by atoms with E-state index in [2.05, 4.69) is 6.92 Å². The molecule has 0 aromatic heterocycles. The molecular weight excluding hydrogens is 306 g/mol. The third-order valence-corrected chi connectivity index (χ3v) is 4.94. The zero-order valence-corrected chi connectivity index (χ0v) is 14.1. The second-order valence-electron chi connectivity index (χ2n) is 5.54. The minimum Gasteiger partial charge on any atom is -0.292 e. The number of Topliss-reactive ketones (excluding diaryl/α,β-unsaturated/α-hetero) is 1. The van der Waals surface area contributed by atoms with Crippen molar-refractivity contribution in [2.24, 2.45) is 0 Å². The number of ketones is 1. The molecule has 0 spiro atoms. The largest absolute Gasteiger partial charge is 0.382 e. The van der Waals surface area contributed by atoms with Gasteiger partial charge in [0.15, 0.2) is 0 Å². The number of hydrogen-bond acceptors (Lipinski definition) is 2. The Bertz CT molecular complexity index is 498. The van der Waals surface area contributed by atoms with Gasteiger partial charge in [0, 0.05) is 11.3 Å². The van der Waals surface area contributed by atoms with Crippen LogP contribution in [0.25, 0.3) is 0 Å². The van der Waals surface area contributed by atoms with Gasteiger partial charge in [-0.3, -0.25) is 4.79 Å². The lowest BCUT2D eigenvalue weighted by Gasteiger charge is -2.14. The van der Waals surface area contributed by atoms with E-state index in [1.165, 1.54) is 12.1 Å². The fraction of sp³-hybridized carbons (Fsp3) is 0.588. The summed E-state index contributed by atoms with van der Waals surface area (Å²) in [5.74, 6) is -1.22. The van der Waals surface area contributed by atoms with Crippen molar-refractivity contribution in [3.8, 4) is 0 Å². The van der Waals surface area contributed by atoms with Crippen LogP contribution in [0.2, 0.25) is 0 Å². The molecule has 0 aliphatic carbocycles. The fourth-order valence-corrected chi connectivity index (χ4v) is 3.11. The Labute approximate surface area is 133 Å². The highest BCUT2D eigenvalue weighted by molar-refractivity contribution is 7.87. The Balaban J connectivity index is 2.51. The molecule has 0 aliphatic heterocycles. The summed E-state index contributed by atoms with van der Waals surface area (Å²) in [5, 5.41) is -3.81. The van der Waals surface area contributed by atoms with Crippen LogP contribution >= 0.6 is 0 Å². The summed E-state index contributed by atoms with van der Waals surface area (Å²) < 4.78 is 39.9. The molecule has 0 bridgehead atoms. The van der Waals surface area contributed by atoms with E-state index in [0.29, 0.717) is 6.42 Å². The molecular formula is C17H24F2O2S. The molecule has 0 heterocycles. The molecule has 22 heavy (non-hydrogen) atoms. The average Bonchev–Trinajstić information content (AvgIpc) is 2.50. The van der Waals surface area contributed by atoms with Crippen molar-refractivity contribution < 1.29 is 17.8 Å². The van der Waals surface area contributed by atoms with E-state index in [9.17, 15) is 17.8 Å². The summed E-state index contributed by atoms with van der Waals surface area (Å²) in [7, 11) is -2.63. The van der Waals surface area contributed by atoms with Crippen LogP contribution in [0.15, 0.2) is 29.2 Å². The van der Waals surface area contributed by atoms with Crippen molar-refractivity contribution in [2.75, 3.05) is 0 Å². The van der Waals surface area contributed by atoms with Crippen LogP contribution in [-0.4, -0.2) is 15.2 Å². The van der Waals surface area contributed by atoms with E-state index in [4.69, 9.17) is 0 Å². The van der Waals surface area contributed by atoms with E-state index in [1.807, 2.05) is 6.92 Å². The molecule has 1 rings (SSSR count). The maximum absolute atomic E-state index is 14.0. The van der Waals surface area contributed by atoms with E-state index in [-0.39, 0.29) is 11.3 Å². The molecule has 1 unspecified atom stereocenters. The highest BCUT2D eigenvalue weighted by atomic mass is 32.2. The van der Waals surface area contributed by atoms with Crippen molar-refractivity contribution in [1.82, 2.24) is 0 Å². The average molecular weight is 330 g/mol. The zero-order chi connectivity index (χ0) is 16.6. The first kappa shape index (κ1) is 18.9. The molecule has 5 heteroatoms. The number of unbranched alkanes of at least 4 members (excludes halogenated alkanes) is 5. The predicted octanol–water partition coefficient (Wildman–Crippen LogP) is 5.02. The molecule has 0 amide bonds. The van der Waals surface area contributed by atoms with Gasteiger partial charge in [0.05, 0.1) is 0 Å². The van der Waals surface area contributed by atoms with Crippen molar-refractivity contribution in [3.05, 3.63) is 29.8 Å². The van der Waals surface area contributed by atoms with Crippen molar-refractivity contribution in [2.45, 2.75) is 68.9 Å². The minimum atomic E-state index is -3.81. The molecule has 2 nitrogen and oxygen atoms in total. The SMILES string of the molecule is CCCCCCCCC(=O)C(F)(F)S(=O)c1ccc(C)cc1.